The van der Waals surface area contributed by atoms with Crippen molar-refractivity contribution >= 4 is 22.7 Å². The first-order chi connectivity index (χ1) is 13.2. The van der Waals surface area contributed by atoms with Gasteiger partial charge in [-0.2, -0.15) is 10.1 Å². The van der Waals surface area contributed by atoms with Crippen LogP contribution in [0.3, 0.4) is 0 Å². The van der Waals surface area contributed by atoms with Crippen molar-refractivity contribution in [2.45, 2.75) is 6.92 Å². The maximum atomic E-state index is 5.28. The van der Waals surface area contributed by atoms with Crippen LogP contribution in [0.25, 0.3) is 16.7 Å². The van der Waals surface area contributed by atoms with E-state index in [-0.39, 0.29) is 0 Å². The highest BCUT2D eigenvalue weighted by Crippen LogP contribution is 2.24. The smallest absolute Gasteiger partial charge is 0.229 e. The summed E-state index contributed by atoms with van der Waals surface area (Å²) in [5.41, 5.74) is 3.60. The van der Waals surface area contributed by atoms with Crippen molar-refractivity contribution < 1.29 is 9.47 Å². The lowest BCUT2D eigenvalue weighted by Crippen LogP contribution is -2.03. The fourth-order valence-corrected chi connectivity index (χ4v) is 2.85. The molecule has 0 radical (unpaired) electrons. The molecule has 7 nitrogen and oxygen atoms in total. The molecule has 2 aromatic carbocycles. The Hall–Kier alpha value is -3.61. The third-order valence-corrected chi connectivity index (χ3v) is 4.29. The molecule has 2 heterocycles. The Kier molecular flexibility index (Phi) is 4.33. The molecule has 0 spiro atoms. The maximum absolute atomic E-state index is 5.28. The van der Waals surface area contributed by atoms with Gasteiger partial charge in [-0.1, -0.05) is 0 Å². The lowest BCUT2D eigenvalue weighted by atomic mass is 10.2. The van der Waals surface area contributed by atoms with Crippen molar-refractivity contribution in [1.82, 2.24) is 19.7 Å². The number of nitrogens with one attached hydrogen (secondary N) is 1. The predicted molar refractivity (Wildman–Crippen MR) is 104 cm³/mol. The molecular formula is C20H19N5O2. The zero-order chi connectivity index (χ0) is 18.8. The summed E-state index contributed by atoms with van der Waals surface area (Å²) >= 11 is 0. The molecule has 0 bridgehead atoms. The highest BCUT2D eigenvalue weighted by Gasteiger charge is 2.11. The predicted octanol–water partition coefficient (Wildman–Crippen LogP) is 3.88. The van der Waals surface area contributed by atoms with Gasteiger partial charge in [0.05, 0.1) is 31.5 Å². The zero-order valence-corrected chi connectivity index (χ0v) is 15.3. The van der Waals surface area contributed by atoms with Gasteiger partial charge in [-0.3, -0.25) is 0 Å². The summed E-state index contributed by atoms with van der Waals surface area (Å²) in [5, 5.41) is 8.56. The van der Waals surface area contributed by atoms with Gasteiger partial charge in [0.15, 0.2) is 5.65 Å². The molecule has 27 heavy (non-hydrogen) atoms. The van der Waals surface area contributed by atoms with E-state index in [0.717, 1.165) is 39.5 Å². The summed E-state index contributed by atoms with van der Waals surface area (Å²) in [6, 6.07) is 13.4. The minimum Gasteiger partial charge on any atom is -0.497 e. The van der Waals surface area contributed by atoms with Crippen molar-refractivity contribution in [1.29, 1.82) is 0 Å². The van der Waals surface area contributed by atoms with Crippen LogP contribution in [0, 0.1) is 6.92 Å². The fourth-order valence-electron chi connectivity index (χ4n) is 2.85. The van der Waals surface area contributed by atoms with Crippen LogP contribution in [-0.4, -0.2) is 34.0 Å². The van der Waals surface area contributed by atoms with Gasteiger partial charge >= 0.3 is 0 Å². The first-order valence-corrected chi connectivity index (χ1v) is 8.45. The molecule has 136 valence electrons. The van der Waals surface area contributed by atoms with Gasteiger partial charge in [0.25, 0.3) is 0 Å². The number of aryl methyl sites for hydroxylation is 1. The second kappa shape index (κ2) is 6.95. The molecule has 0 fully saturated rings. The van der Waals surface area contributed by atoms with Crippen LogP contribution in [0.5, 0.6) is 11.5 Å². The lowest BCUT2D eigenvalue weighted by molar-refractivity contribution is 0.414. The average Bonchev–Trinajstić information content (AvgIpc) is 3.11. The SMILES string of the molecule is COc1ccc(Nc2ncc3cnn(-c4ccc(OC)cc4C)c3n2)cc1. The van der Waals surface area contributed by atoms with Crippen LogP contribution in [-0.2, 0) is 0 Å². The van der Waals surface area contributed by atoms with E-state index >= 15 is 0 Å². The molecule has 7 heteroatoms. The fraction of sp³-hybridized carbons (Fsp3) is 0.150. The number of aromatic nitrogens is 4. The number of ether oxygens (including phenoxy) is 2. The number of anilines is 2. The molecule has 0 aliphatic carbocycles. The molecule has 0 saturated heterocycles. The van der Waals surface area contributed by atoms with E-state index in [4.69, 9.17) is 9.47 Å². The summed E-state index contributed by atoms with van der Waals surface area (Å²) in [7, 11) is 3.30. The van der Waals surface area contributed by atoms with E-state index in [1.807, 2.05) is 54.1 Å². The van der Waals surface area contributed by atoms with Crippen molar-refractivity contribution in [3.63, 3.8) is 0 Å². The Morgan fingerprint density at radius 2 is 1.67 bits per heavy atom. The number of benzene rings is 2. The molecular weight excluding hydrogens is 342 g/mol. The van der Waals surface area contributed by atoms with Gasteiger partial charge in [0.2, 0.25) is 5.95 Å². The Morgan fingerprint density at radius 1 is 0.926 bits per heavy atom. The van der Waals surface area contributed by atoms with Crippen LogP contribution in [0.2, 0.25) is 0 Å². The second-order valence-electron chi connectivity index (χ2n) is 6.03. The van der Waals surface area contributed by atoms with Crippen LogP contribution in [0.4, 0.5) is 11.6 Å². The van der Waals surface area contributed by atoms with E-state index in [1.54, 1.807) is 26.6 Å². The summed E-state index contributed by atoms with van der Waals surface area (Å²) in [6.45, 7) is 2.02. The number of fused-ring (bicyclic) bond motifs is 1. The third kappa shape index (κ3) is 3.27. The van der Waals surface area contributed by atoms with E-state index in [9.17, 15) is 0 Å². The zero-order valence-electron chi connectivity index (χ0n) is 15.3. The third-order valence-electron chi connectivity index (χ3n) is 4.29. The van der Waals surface area contributed by atoms with Crippen molar-refractivity contribution in [3.05, 3.63) is 60.4 Å². The maximum Gasteiger partial charge on any atom is 0.229 e. The van der Waals surface area contributed by atoms with Crippen molar-refractivity contribution in [2.75, 3.05) is 19.5 Å². The number of nitrogens with zero attached hydrogens (tertiary/aromatic N) is 4. The number of methoxy groups -OCH3 is 2. The van der Waals surface area contributed by atoms with E-state index in [1.165, 1.54) is 0 Å². The molecule has 2 aromatic heterocycles. The van der Waals surface area contributed by atoms with Gasteiger partial charge in [-0.15, -0.1) is 0 Å². The molecule has 0 saturated carbocycles. The molecule has 4 aromatic rings. The molecule has 4 rings (SSSR count). The van der Waals surface area contributed by atoms with Crippen LogP contribution >= 0.6 is 0 Å². The summed E-state index contributed by atoms with van der Waals surface area (Å²) in [5.74, 6) is 2.11. The van der Waals surface area contributed by atoms with E-state index in [0.29, 0.717) is 5.95 Å². The van der Waals surface area contributed by atoms with Gasteiger partial charge in [0, 0.05) is 11.9 Å². The summed E-state index contributed by atoms with van der Waals surface area (Å²) in [6.07, 6.45) is 3.52. The molecule has 1 N–H and O–H groups in total. The quantitative estimate of drug-likeness (QED) is 0.581. The minimum absolute atomic E-state index is 0.501. The lowest BCUT2D eigenvalue weighted by Gasteiger charge is -2.10. The Bertz CT molecular complexity index is 1090. The van der Waals surface area contributed by atoms with Gasteiger partial charge in [-0.05, 0) is 55.0 Å². The number of hydrogen-bond donors (Lipinski definition) is 1. The first-order valence-electron chi connectivity index (χ1n) is 8.45. The average molecular weight is 361 g/mol. The summed E-state index contributed by atoms with van der Waals surface area (Å²) < 4.78 is 12.3. The normalized spacial score (nSPS) is 10.8. The molecule has 0 unspecified atom stereocenters. The van der Waals surface area contributed by atoms with Crippen LogP contribution in [0.1, 0.15) is 5.56 Å². The Morgan fingerprint density at radius 3 is 2.37 bits per heavy atom. The first kappa shape index (κ1) is 16.8. The topological polar surface area (TPSA) is 74.1 Å². The Labute approximate surface area is 156 Å². The molecule has 0 atom stereocenters. The van der Waals surface area contributed by atoms with E-state index in [2.05, 4.69) is 20.4 Å². The van der Waals surface area contributed by atoms with Crippen LogP contribution < -0.4 is 14.8 Å². The minimum atomic E-state index is 0.501. The molecule has 0 aliphatic heterocycles. The second-order valence-corrected chi connectivity index (χ2v) is 6.03. The molecule has 0 aliphatic rings. The largest absolute Gasteiger partial charge is 0.497 e. The summed E-state index contributed by atoms with van der Waals surface area (Å²) in [4.78, 5) is 9.02. The number of rotatable bonds is 5. The van der Waals surface area contributed by atoms with Gasteiger partial charge in [-0.25, -0.2) is 9.67 Å². The van der Waals surface area contributed by atoms with Gasteiger partial charge < -0.3 is 14.8 Å². The monoisotopic (exact) mass is 361 g/mol. The van der Waals surface area contributed by atoms with Crippen LogP contribution in [0.15, 0.2) is 54.9 Å². The Balaban J connectivity index is 1.70. The number of hydrogen-bond acceptors (Lipinski definition) is 6. The van der Waals surface area contributed by atoms with Crippen molar-refractivity contribution in [3.8, 4) is 17.2 Å². The van der Waals surface area contributed by atoms with E-state index < -0.39 is 0 Å². The molecule has 0 amide bonds. The highest BCUT2D eigenvalue weighted by molar-refractivity contribution is 5.77. The standard InChI is InChI=1S/C20H19N5O2/c1-13-10-17(27-3)8-9-18(13)25-19-14(12-22-25)11-21-20(24-19)23-15-4-6-16(26-2)7-5-15/h4-12H,1-3H3,(H,21,23,24). The van der Waals surface area contributed by atoms with Crippen molar-refractivity contribution in [2.24, 2.45) is 0 Å². The van der Waals surface area contributed by atoms with Gasteiger partial charge in [0.1, 0.15) is 11.5 Å². The highest BCUT2D eigenvalue weighted by atomic mass is 16.5.